The molecule has 0 atom stereocenters. The molecule has 0 aliphatic rings. The minimum absolute atomic E-state index is 0.0174. The maximum Gasteiger partial charge on any atom is 0.170 e. The van der Waals surface area contributed by atoms with E-state index in [0.717, 1.165) is 0 Å². The van der Waals surface area contributed by atoms with E-state index >= 15 is 0 Å². The van der Waals surface area contributed by atoms with Crippen LogP contribution in [0.4, 0.5) is 0 Å². The van der Waals surface area contributed by atoms with Crippen molar-refractivity contribution in [3.63, 3.8) is 0 Å². The average Bonchev–Trinajstić information content (AvgIpc) is 2.84. The zero-order valence-electron chi connectivity index (χ0n) is 18.6. The third-order valence-electron chi connectivity index (χ3n) is 5.06. The average molecular weight is 479 g/mol. The summed E-state index contributed by atoms with van der Waals surface area (Å²) in [4.78, 5) is 26.2. The zero-order chi connectivity index (χ0) is 24.7. The van der Waals surface area contributed by atoms with Crippen LogP contribution in [0, 0.1) is 0 Å². The SMILES string of the molecule is COc1cc(/C=C/C(=O)C(C(=O)/C=C/c2ccc(O)c(OC)c2)c2ccc(Cl)cc2)ccc1O. The van der Waals surface area contributed by atoms with Gasteiger partial charge >= 0.3 is 0 Å². The van der Waals surface area contributed by atoms with Gasteiger partial charge in [-0.1, -0.05) is 48.0 Å². The van der Waals surface area contributed by atoms with Crippen LogP contribution in [0.5, 0.6) is 23.0 Å². The fourth-order valence-corrected chi connectivity index (χ4v) is 3.39. The Morgan fingerprint density at radius 1 is 0.765 bits per heavy atom. The van der Waals surface area contributed by atoms with E-state index in [9.17, 15) is 19.8 Å². The molecular formula is C27H23ClO6. The largest absolute Gasteiger partial charge is 0.504 e. The van der Waals surface area contributed by atoms with Crippen LogP contribution in [-0.4, -0.2) is 36.0 Å². The Morgan fingerprint density at radius 2 is 1.21 bits per heavy atom. The number of hydrogen-bond acceptors (Lipinski definition) is 6. The summed E-state index contributed by atoms with van der Waals surface area (Å²) in [6.45, 7) is 0. The summed E-state index contributed by atoms with van der Waals surface area (Å²) in [5.41, 5.74) is 1.74. The number of carbonyl (C=O) groups excluding carboxylic acids is 2. The Balaban J connectivity index is 1.89. The predicted octanol–water partition coefficient (Wildman–Crippen LogP) is 5.42. The van der Waals surface area contributed by atoms with E-state index in [0.29, 0.717) is 21.7 Å². The van der Waals surface area contributed by atoms with Crippen LogP contribution >= 0.6 is 11.6 Å². The minimum atomic E-state index is -1.08. The number of hydrogen-bond donors (Lipinski definition) is 2. The van der Waals surface area contributed by atoms with Gasteiger partial charge in [0.15, 0.2) is 34.6 Å². The molecule has 174 valence electrons. The molecule has 2 N–H and O–H groups in total. The highest BCUT2D eigenvalue weighted by Gasteiger charge is 2.25. The number of phenolic OH excluding ortho intramolecular Hbond substituents is 2. The lowest BCUT2D eigenvalue weighted by atomic mass is 9.89. The van der Waals surface area contributed by atoms with Crippen molar-refractivity contribution < 1.29 is 29.3 Å². The molecule has 34 heavy (non-hydrogen) atoms. The normalized spacial score (nSPS) is 11.3. The van der Waals surface area contributed by atoms with E-state index in [1.54, 1.807) is 60.7 Å². The standard InChI is InChI=1S/C27H23ClO6/c1-33-25-15-17(3-11-21(25)29)5-13-23(31)27(19-7-9-20(28)10-8-19)24(32)14-6-18-4-12-22(30)26(16-18)34-2/h3-16,27,29-30H,1-2H3/b13-5+,14-6+. The Bertz CT molecular complexity index is 1170. The molecule has 0 aliphatic carbocycles. The molecule has 3 aromatic carbocycles. The minimum Gasteiger partial charge on any atom is -0.504 e. The third-order valence-corrected chi connectivity index (χ3v) is 5.31. The molecular weight excluding hydrogens is 456 g/mol. The van der Waals surface area contributed by atoms with Gasteiger partial charge in [0.05, 0.1) is 14.2 Å². The van der Waals surface area contributed by atoms with Crippen LogP contribution in [0.25, 0.3) is 12.2 Å². The van der Waals surface area contributed by atoms with Crippen molar-refractivity contribution in [2.24, 2.45) is 0 Å². The number of phenols is 2. The summed E-state index contributed by atoms with van der Waals surface area (Å²) < 4.78 is 10.2. The van der Waals surface area contributed by atoms with Crippen molar-refractivity contribution in [3.05, 3.63) is 94.5 Å². The molecule has 0 amide bonds. The number of benzene rings is 3. The first-order valence-corrected chi connectivity index (χ1v) is 10.6. The van der Waals surface area contributed by atoms with Crippen molar-refractivity contribution in [1.82, 2.24) is 0 Å². The molecule has 0 bridgehead atoms. The number of ketones is 2. The number of allylic oxidation sites excluding steroid dienone is 2. The fourth-order valence-electron chi connectivity index (χ4n) is 3.27. The van der Waals surface area contributed by atoms with E-state index < -0.39 is 17.5 Å². The predicted molar refractivity (Wildman–Crippen MR) is 132 cm³/mol. The van der Waals surface area contributed by atoms with Crippen LogP contribution in [0.15, 0.2) is 72.8 Å². The molecule has 0 unspecified atom stereocenters. The van der Waals surface area contributed by atoms with Gasteiger partial charge in [0.25, 0.3) is 0 Å². The van der Waals surface area contributed by atoms with Gasteiger partial charge in [0, 0.05) is 5.02 Å². The molecule has 0 fully saturated rings. The van der Waals surface area contributed by atoms with Gasteiger partial charge in [0.2, 0.25) is 0 Å². The molecule has 7 heteroatoms. The number of methoxy groups -OCH3 is 2. The molecule has 0 heterocycles. The van der Waals surface area contributed by atoms with E-state index in [1.165, 1.54) is 38.5 Å². The molecule has 0 saturated heterocycles. The Morgan fingerprint density at radius 3 is 1.62 bits per heavy atom. The Kier molecular flexibility index (Phi) is 8.11. The van der Waals surface area contributed by atoms with Gasteiger partial charge < -0.3 is 19.7 Å². The van der Waals surface area contributed by atoms with E-state index in [4.69, 9.17) is 21.1 Å². The maximum atomic E-state index is 13.1. The van der Waals surface area contributed by atoms with Gasteiger partial charge in [-0.15, -0.1) is 0 Å². The first-order chi connectivity index (χ1) is 16.3. The van der Waals surface area contributed by atoms with Gasteiger partial charge in [-0.25, -0.2) is 0 Å². The Labute approximate surface area is 202 Å². The summed E-state index contributed by atoms with van der Waals surface area (Å²) in [6.07, 6.45) is 5.74. The van der Waals surface area contributed by atoms with Crippen molar-refractivity contribution in [2.75, 3.05) is 14.2 Å². The summed E-state index contributed by atoms with van der Waals surface area (Å²) in [7, 11) is 2.86. The van der Waals surface area contributed by atoms with Gasteiger partial charge in [-0.2, -0.15) is 0 Å². The second-order valence-corrected chi connectivity index (χ2v) is 7.75. The molecule has 0 saturated carbocycles. The highest BCUT2D eigenvalue weighted by Crippen LogP contribution is 2.29. The lowest BCUT2D eigenvalue weighted by molar-refractivity contribution is -0.124. The Hall–Kier alpha value is -4.03. The number of aromatic hydroxyl groups is 2. The second-order valence-electron chi connectivity index (χ2n) is 7.32. The maximum absolute atomic E-state index is 13.1. The van der Waals surface area contributed by atoms with Gasteiger partial charge in [0.1, 0.15) is 5.92 Å². The van der Waals surface area contributed by atoms with Crippen LogP contribution in [-0.2, 0) is 9.59 Å². The molecule has 3 aromatic rings. The monoisotopic (exact) mass is 478 g/mol. The molecule has 0 radical (unpaired) electrons. The summed E-state index contributed by atoms with van der Waals surface area (Å²) in [6, 6.07) is 15.8. The van der Waals surface area contributed by atoms with Crippen LogP contribution in [0.3, 0.4) is 0 Å². The number of carbonyl (C=O) groups is 2. The van der Waals surface area contributed by atoms with Crippen molar-refractivity contribution in [2.45, 2.75) is 5.92 Å². The second kappa shape index (κ2) is 11.2. The van der Waals surface area contributed by atoms with E-state index in [2.05, 4.69) is 0 Å². The smallest absolute Gasteiger partial charge is 0.170 e. The van der Waals surface area contributed by atoms with Crippen molar-refractivity contribution in [1.29, 1.82) is 0 Å². The van der Waals surface area contributed by atoms with Gasteiger partial charge in [-0.3, -0.25) is 9.59 Å². The fraction of sp³-hybridized carbons (Fsp3) is 0.111. The number of rotatable bonds is 9. The summed E-state index contributed by atoms with van der Waals surface area (Å²) in [5.74, 6) is -1.42. The molecule has 0 aliphatic heterocycles. The molecule has 0 spiro atoms. The van der Waals surface area contributed by atoms with Crippen molar-refractivity contribution in [3.8, 4) is 23.0 Å². The van der Waals surface area contributed by atoms with E-state index in [1.807, 2.05) is 0 Å². The van der Waals surface area contributed by atoms with Crippen LogP contribution in [0.2, 0.25) is 5.02 Å². The first-order valence-electron chi connectivity index (χ1n) is 10.3. The molecule has 0 aromatic heterocycles. The highest BCUT2D eigenvalue weighted by molar-refractivity contribution is 6.30. The number of ether oxygens (including phenoxy) is 2. The quantitative estimate of drug-likeness (QED) is 0.315. The van der Waals surface area contributed by atoms with Crippen LogP contribution < -0.4 is 9.47 Å². The highest BCUT2D eigenvalue weighted by atomic mass is 35.5. The lowest BCUT2D eigenvalue weighted by Crippen LogP contribution is -2.19. The topological polar surface area (TPSA) is 93.1 Å². The molecule has 3 rings (SSSR count). The molecule has 6 nitrogen and oxygen atoms in total. The van der Waals surface area contributed by atoms with Gasteiger partial charge in [-0.05, 0) is 65.2 Å². The van der Waals surface area contributed by atoms with Crippen molar-refractivity contribution >= 4 is 35.3 Å². The zero-order valence-corrected chi connectivity index (χ0v) is 19.3. The number of halogens is 1. The lowest BCUT2D eigenvalue weighted by Gasteiger charge is -2.12. The van der Waals surface area contributed by atoms with Crippen LogP contribution in [0.1, 0.15) is 22.6 Å². The van der Waals surface area contributed by atoms with E-state index in [-0.39, 0.29) is 23.0 Å². The third kappa shape index (κ3) is 6.05. The first kappa shape index (κ1) is 24.6. The summed E-state index contributed by atoms with van der Waals surface area (Å²) >= 11 is 5.98. The summed E-state index contributed by atoms with van der Waals surface area (Å²) in [5, 5.41) is 20.0.